The third-order valence-corrected chi connectivity index (χ3v) is 4.04. The fourth-order valence-electron chi connectivity index (χ4n) is 3.09. The summed E-state index contributed by atoms with van der Waals surface area (Å²) in [5.74, 6) is 0. The number of hydrogen-bond donors (Lipinski definition) is 0. The van der Waals surface area contributed by atoms with Crippen LogP contribution in [0.15, 0.2) is 6.20 Å². The Morgan fingerprint density at radius 1 is 1.18 bits per heavy atom. The largest absolute Gasteiger partial charge is 0.348 e. The second-order valence-electron chi connectivity index (χ2n) is 5.74. The second-order valence-corrected chi connectivity index (χ2v) is 5.74. The fraction of sp³-hybridized carbons (Fsp3) is 0.750. The lowest BCUT2D eigenvalue weighted by Crippen LogP contribution is -2.09. The van der Waals surface area contributed by atoms with Crippen molar-refractivity contribution in [2.45, 2.75) is 78.2 Å². The fourth-order valence-corrected chi connectivity index (χ4v) is 3.09. The van der Waals surface area contributed by atoms with E-state index in [-0.39, 0.29) is 0 Å². The van der Waals surface area contributed by atoms with Crippen LogP contribution in [0.4, 0.5) is 0 Å². The van der Waals surface area contributed by atoms with Gasteiger partial charge in [-0.1, -0.05) is 19.8 Å². The number of nitrogens with zero attached hydrogens (tertiary/aromatic N) is 1. The number of hydrogen-bond acceptors (Lipinski definition) is 0. The van der Waals surface area contributed by atoms with Gasteiger partial charge in [0.1, 0.15) is 0 Å². The van der Waals surface area contributed by atoms with Gasteiger partial charge in [-0.05, 0) is 63.5 Å². The Morgan fingerprint density at radius 3 is 2.65 bits per heavy atom. The lowest BCUT2D eigenvalue weighted by Gasteiger charge is -2.18. The van der Waals surface area contributed by atoms with E-state index in [1.807, 2.05) is 0 Å². The molecule has 1 aliphatic carbocycles. The SMILES string of the molecule is CCCCCc1cn(C(C)C)c2c1CCCC2. The molecule has 1 heteroatoms. The average molecular weight is 233 g/mol. The van der Waals surface area contributed by atoms with Gasteiger partial charge in [-0.2, -0.15) is 0 Å². The average Bonchev–Trinajstić information content (AvgIpc) is 2.69. The quantitative estimate of drug-likeness (QED) is 0.651. The maximum Gasteiger partial charge on any atom is 0.0277 e. The molecule has 0 fully saturated rings. The summed E-state index contributed by atoms with van der Waals surface area (Å²) < 4.78 is 2.54. The predicted octanol–water partition coefficient (Wildman–Crippen LogP) is 4.68. The van der Waals surface area contributed by atoms with Crippen LogP contribution in [0, 0.1) is 0 Å². The standard InChI is InChI=1S/C16H27N/c1-4-5-6-9-14-12-17(13(2)3)16-11-8-7-10-15(14)16/h12-13H,4-11H2,1-3H3. The minimum atomic E-state index is 0.627. The van der Waals surface area contributed by atoms with Crippen molar-refractivity contribution in [2.24, 2.45) is 0 Å². The zero-order valence-electron chi connectivity index (χ0n) is 11.8. The molecule has 0 N–H and O–H groups in total. The number of rotatable bonds is 5. The van der Waals surface area contributed by atoms with Crippen LogP contribution in [0.3, 0.4) is 0 Å². The summed E-state index contributed by atoms with van der Waals surface area (Å²) >= 11 is 0. The minimum absolute atomic E-state index is 0.627. The van der Waals surface area contributed by atoms with Crippen LogP contribution in [-0.4, -0.2) is 4.57 Å². The van der Waals surface area contributed by atoms with E-state index in [4.69, 9.17) is 0 Å². The molecule has 96 valence electrons. The van der Waals surface area contributed by atoms with Crippen molar-refractivity contribution in [1.82, 2.24) is 4.57 Å². The molecule has 0 aromatic carbocycles. The van der Waals surface area contributed by atoms with Gasteiger partial charge in [0.15, 0.2) is 0 Å². The lowest BCUT2D eigenvalue weighted by atomic mass is 9.93. The van der Waals surface area contributed by atoms with Gasteiger partial charge in [0, 0.05) is 17.9 Å². The zero-order valence-corrected chi connectivity index (χ0v) is 11.8. The maximum absolute atomic E-state index is 2.54. The molecule has 0 saturated carbocycles. The van der Waals surface area contributed by atoms with Crippen molar-refractivity contribution < 1.29 is 0 Å². The van der Waals surface area contributed by atoms with E-state index in [9.17, 15) is 0 Å². The van der Waals surface area contributed by atoms with Gasteiger partial charge >= 0.3 is 0 Å². The Hall–Kier alpha value is -0.720. The first kappa shape index (κ1) is 12.7. The summed E-state index contributed by atoms with van der Waals surface area (Å²) in [7, 11) is 0. The van der Waals surface area contributed by atoms with Crippen LogP contribution in [-0.2, 0) is 19.3 Å². The molecule has 2 rings (SSSR count). The van der Waals surface area contributed by atoms with Crippen molar-refractivity contribution >= 4 is 0 Å². The summed E-state index contributed by atoms with van der Waals surface area (Å²) in [6.07, 6.45) is 13.2. The highest BCUT2D eigenvalue weighted by Gasteiger charge is 2.19. The molecule has 0 bridgehead atoms. The molecule has 1 aromatic heterocycles. The molecular formula is C16H27N. The first-order valence-electron chi connectivity index (χ1n) is 7.45. The Kier molecular flexibility index (Phi) is 4.31. The first-order chi connectivity index (χ1) is 8.24. The van der Waals surface area contributed by atoms with Crippen LogP contribution in [0.2, 0.25) is 0 Å². The van der Waals surface area contributed by atoms with Crippen LogP contribution in [0.1, 0.15) is 75.7 Å². The van der Waals surface area contributed by atoms with Crippen LogP contribution < -0.4 is 0 Å². The molecule has 0 amide bonds. The molecule has 0 spiro atoms. The van der Waals surface area contributed by atoms with Crippen LogP contribution in [0.25, 0.3) is 0 Å². The van der Waals surface area contributed by atoms with Gasteiger partial charge in [0.2, 0.25) is 0 Å². The smallest absolute Gasteiger partial charge is 0.0277 e. The first-order valence-corrected chi connectivity index (χ1v) is 7.45. The van der Waals surface area contributed by atoms with Gasteiger partial charge in [0.05, 0.1) is 0 Å². The monoisotopic (exact) mass is 233 g/mol. The number of fused-ring (bicyclic) bond motifs is 1. The van der Waals surface area contributed by atoms with Crippen molar-refractivity contribution in [3.63, 3.8) is 0 Å². The van der Waals surface area contributed by atoms with Crippen molar-refractivity contribution in [2.75, 3.05) is 0 Å². The molecule has 0 atom stereocenters. The topological polar surface area (TPSA) is 4.93 Å². The molecular weight excluding hydrogens is 206 g/mol. The van der Waals surface area contributed by atoms with Gasteiger partial charge in [-0.25, -0.2) is 0 Å². The van der Waals surface area contributed by atoms with E-state index in [0.717, 1.165) is 0 Å². The summed E-state index contributed by atoms with van der Waals surface area (Å²) in [4.78, 5) is 0. The highest BCUT2D eigenvalue weighted by atomic mass is 15.0. The van der Waals surface area contributed by atoms with Gasteiger partial charge in [-0.3, -0.25) is 0 Å². The number of aromatic nitrogens is 1. The van der Waals surface area contributed by atoms with Gasteiger partial charge in [0.25, 0.3) is 0 Å². The van der Waals surface area contributed by atoms with E-state index in [2.05, 4.69) is 31.5 Å². The summed E-state index contributed by atoms with van der Waals surface area (Å²) in [6, 6.07) is 0.627. The third-order valence-electron chi connectivity index (χ3n) is 4.04. The minimum Gasteiger partial charge on any atom is -0.348 e. The predicted molar refractivity (Wildman–Crippen MR) is 74.7 cm³/mol. The molecule has 0 aliphatic heterocycles. The molecule has 1 heterocycles. The zero-order chi connectivity index (χ0) is 12.3. The molecule has 0 radical (unpaired) electrons. The van der Waals surface area contributed by atoms with E-state index in [1.165, 1.54) is 51.4 Å². The maximum atomic E-state index is 2.54. The Bertz CT molecular complexity index is 360. The molecule has 1 aromatic rings. The third kappa shape index (κ3) is 2.75. The van der Waals surface area contributed by atoms with E-state index < -0.39 is 0 Å². The van der Waals surface area contributed by atoms with Crippen LogP contribution in [0.5, 0.6) is 0 Å². The summed E-state index contributed by atoms with van der Waals surface area (Å²) in [5.41, 5.74) is 5.01. The molecule has 1 aliphatic rings. The summed E-state index contributed by atoms with van der Waals surface area (Å²) in [6.45, 7) is 6.91. The van der Waals surface area contributed by atoms with E-state index >= 15 is 0 Å². The number of aryl methyl sites for hydroxylation is 1. The van der Waals surface area contributed by atoms with Crippen molar-refractivity contribution in [3.05, 3.63) is 23.0 Å². The van der Waals surface area contributed by atoms with Crippen molar-refractivity contribution in [3.8, 4) is 0 Å². The molecule has 17 heavy (non-hydrogen) atoms. The molecule has 0 unspecified atom stereocenters. The number of unbranched alkanes of at least 4 members (excludes halogenated alkanes) is 2. The van der Waals surface area contributed by atoms with Gasteiger partial charge in [-0.15, -0.1) is 0 Å². The highest BCUT2D eigenvalue weighted by Crippen LogP contribution is 2.29. The highest BCUT2D eigenvalue weighted by molar-refractivity contribution is 5.35. The van der Waals surface area contributed by atoms with E-state index in [0.29, 0.717) is 6.04 Å². The van der Waals surface area contributed by atoms with Gasteiger partial charge < -0.3 is 4.57 Å². The summed E-state index contributed by atoms with van der Waals surface area (Å²) in [5, 5.41) is 0. The normalized spacial score (nSPS) is 15.3. The Labute approximate surface area is 106 Å². The Balaban J connectivity index is 2.20. The van der Waals surface area contributed by atoms with Crippen molar-refractivity contribution in [1.29, 1.82) is 0 Å². The van der Waals surface area contributed by atoms with E-state index in [1.54, 1.807) is 16.8 Å². The Morgan fingerprint density at radius 2 is 1.94 bits per heavy atom. The second kappa shape index (κ2) is 5.75. The molecule has 1 nitrogen and oxygen atoms in total. The lowest BCUT2D eigenvalue weighted by molar-refractivity contribution is 0.548. The molecule has 0 saturated heterocycles. The van der Waals surface area contributed by atoms with Crippen LogP contribution >= 0.6 is 0 Å².